The molecule has 0 aliphatic carbocycles. The van der Waals surface area contributed by atoms with Crippen LogP contribution in [0.25, 0.3) is 0 Å². The zero-order valence-electron chi connectivity index (χ0n) is 9.47. The van der Waals surface area contributed by atoms with Crippen LogP contribution in [0.3, 0.4) is 0 Å². The van der Waals surface area contributed by atoms with Crippen LogP contribution in [0.4, 0.5) is 0 Å². The number of methoxy groups -OCH3 is 2. The van der Waals surface area contributed by atoms with E-state index in [1.165, 1.54) is 13.2 Å². The predicted molar refractivity (Wildman–Crippen MR) is 58.4 cm³/mol. The third-order valence-electron chi connectivity index (χ3n) is 2.20. The van der Waals surface area contributed by atoms with Crippen LogP contribution in [0, 0.1) is 17.2 Å². The largest absolute Gasteiger partial charge is 0.496 e. The summed E-state index contributed by atoms with van der Waals surface area (Å²) in [5, 5.41) is 8.81. The smallest absolute Gasteiger partial charge is 0.331 e. The number of carbonyl (C=O) groups is 2. The summed E-state index contributed by atoms with van der Waals surface area (Å²) in [7, 11) is 2.54. The van der Waals surface area contributed by atoms with E-state index in [1.54, 1.807) is 24.3 Å². The predicted octanol–water partition coefficient (Wildman–Crippen LogP) is 1.19. The maximum Gasteiger partial charge on any atom is 0.331 e. The SMILES string of the molecule is COC(=O)C(C#N)C(=O)c1ccccc1OC. The average Bonchev–Trinajstić information content (AvgIpc) is 2.38. The number of rotatable bonds is 4. The molecule has 1 aromatic rings. The number of para-hydroxylation sites is 1. The number of hydrogen-bond donors (Lipinski definition) is 0. The molecule has 1 unspecified atom stereocenters. The second kappa shape index (κ2) is 5.66. The van der Waals surface area contributed by atoms with Gasteiger partial charge in [-0.15, -0.1) is 0 Å². The van der Waals surface area contributed by atoms with E-state index in [2.05, 4.69) is 4.74 Å². The Morgan fingerprint density at radius 3 is 2.47 bits per heavy atom. The van der Waals surface area contributed by atoms with E-state index < -0.39 is 17.7 Å². The molecule has 0 bridgehead atoms. The number of Topliss-reactive ketones (excluding diaryl/α,β-unsaturated/α-hetero) is 1. The van der Waals surface area contributed by atoms with Crippen molar-refractivity contribution in [3.63, 3.8) is 0 Å². The number of esters is 1. The zero-order valence-corrected chi connectivity index (χ0v) is 9.47. The molecule has 17 heavy (non-hydrogen) atoms. The molecule has 0 saturated carbocycles. The molecule has 0 aromatic heterocycles. The van der Waals surface area contributed by atoms with Crippen LogP contribution < -0.4 is 4.74 Å². The van der Waals surface area contributed by atoms with Crippen molar-refractivity contribution in [2.45, 2.75) is 0 Å². The van der Waals surface area contributed by atoms with Crippen molar-refractivity contribution < 1.29 is 19.1 Å². The molecule has 88 valence electrons. The lowest BCUT2D eigenvalue weighted by atomic mass is 9.98. The average molecular weight is 233 g/mol. The van der Waals surface area contributed by atoms with Crippen LogP contribution in [-0.2, 0) is 9.53 Å². The maximum atomic E-state index is 12.0. The Bertz CT molecular complexity index is 476. The van der Waals surface area contributed by atoms with E-state index in [4.69, 9.17) is 10.00 Å². The topological polar surface area (TPSA) is 76.4 Å². The number of nitriles is 1. The van der Waals surface area contributed by atoms with Gasteiger partial charge in [-0.05, 0) is 12.1 Å². The molecule has 5 nitrogen and oxygen atoms in total. The minimum Gasteiger partial charge on any atom is -0.496 e. The Balaban J connectivity index is 3.11. The maximum absolute atomic E-state index is 12.0. The van der Waals surface area contributed by atoms with E-state index in [0.29, 0.717) is 5.75 Å². The summed E-state index contributed by atoms with van der Waals surface area (Å²) in [5.74, 6) is -2.64. The van der Waals surface area contributed by atoms with Gasteiger partial charge in [0.25, 0.3) is 0 Å². The molecule has 0 radical (unpaired) electrons. The fourth-order valence-electron chi connectivity index (χ4n) is 1.34. The van der Waals surface area contributed by atoms with Crippen molar-refractivity contribution in [3.8, 4) is 11.8 Å². The Hall–Kier alpha value is -2.35. The van der Waals surface area contributed by atoms with Crippen molar-refractivity contribution >= 4 is 11.8 Å². The molecule has 0 amide bonds. The summed E-state index contributed by atoms with van der Waals surface area (Å²) in [6.45, 7) is 0. The lowest BCUT2D eigenvalue weighted by Crippen LogP contribution is -2.24. The van der Waals surface area contributed by atoms with E-state index in [9.17, 15) is 9.59 Å². The van der Waals surface area contributed by atoms with Crippen LogP contribution >= 0.6 is 0 Å². The second-order valence-electron chi connectivity index (χ2n) is 3.15. The van der Waals surface area contributed by atoms with Gasteiger partial charge in [0, 0.05) is 0 Å². The highest BCUT2D eigenvalue weighted by Gasteiger charge is 2.30. The Labute approximate surface area is 98.6 Å². The number of hydrogen-bond acceptors (Lipinski definition) is 5. The van der Waals surface area contributed by atoms with Gasteiger partial charge in [0.05, 0.1) is 25.9 Å². The summed E-state index contributed by atoms with van der Waals surface area (Å²) in [4.78, 5) is 23.2. The van der Waals surface area contributed by atoms with Crippen LogP contribution in [0.15, 0.2) is 24.3 Å². The molecule has 0 saturated heterocycles. The van der Waals surface area contributed by atoms with Crippen LogP contribution in [-0.4, -0.2) is 26.0 Å². The number of carbonyl (C=O) groups excluding carboxylic acids is 2. The third kappa shape index (κ3) is 2.61. The molecule has 1 rings (SSSR count). The lowest BCUT2D eigenvalue weighted by Gasteiger charge is -2.09. The van der Waals surface area contributed by atoms with E-state index in [-0.39, 0.29) is 5.56 Å². The fraction of sp³-hybridized carbons (Fsp3) is 0.250. The molecule has 0 fully saturated rings. The van der Waals surface area contributed by atoms with E-state index in [1.807, 2.05) is 0 Å². The highest BCUT2D eigenvalue weighted by atomic mass is 16.5. The van der Waals surface area contributed by atoms with Crippen molar-refractivity contribution in [1.29, 1.82) is 5.26 Å². The number of nitrogens with zero attached hydrogens (tertiary/aromatic N) is 1. The first kappa shape index (κ1) is 12.7. The summed E-state index contributed by atoms with van der Waals surface area (Å²) in [5.41, 5.74) is 0.187. The van der Waals surface area contributed by atoms with Gasteiger partial charge in [0.1, 0.15) is 5.75 Å². The number of ketones is 1. The Morgan fingerprint density at radius 1 is 1.29 bits per heavy atom. The first-order valence-corrected chi connectivity index (χ1v) is 4.80. The third-order valence-corrected chi connectivity index (χ3v) is 2.20. The molecule has 0 spiro atoms. The lowest BCUT2D eigenvalue weighted by molar-refractivity contribution is -0.141. The van der Waals surface area contributed by atoms with Gasteiger partial charge in [-0.25, -0.2) is 0 Å². The minimum atomic E-state index is -1.46. The molecule has 1 atom stereocenters. The molecule has 0 aliphatic heterocycles. The molecule has 1 aromatic carbocycles. The van der Waals surface area contributed by atoms with Crippen molar-refractivity contribution in [1.82, 2.24) is 0 Å². The Morgan fingerprint density at radius 2 is 1.94 bits per heavy atom. The van der Waals surface area contributed by atoms with Gasteiger partial charge < -0.3 is 9.47 Å². The van der Waals surface area contributed by atoms with Gasteiger partial charge in [0.2, 0.25) is 5.92 Å². The van der Waals surface area contributed by atoms with Crippen molar-refractivity contribution in [2.24, 2.45) is 5.92 Å². The molecule has 0 aliphatic rings. The number of ether oxygens (including phenoxy) is 2. The van der Waals surface area contributed by atoms with Gasteiger partial charge in [-0.1, -0.05) is 12.1 Å². The highest BCUT2D eigenvalue weighted by molar-refractivity contribution is 6.11. The first-order chi connectivity index (χ1) is 8.15. The molecule has 0 heterocycles. The number of benzene rings is 1. The summed E-state index contributed by atoms with van der Waals surface area (Å²) >= 11 is 0. The zero-order chi connectivity index (χ0) is 12.8. The van der Waals surface area contributed by atoms with Crippen LogP contribution in [0.5, 0.6) is 5.75 Å². The normalized spacial score (nSPS) is 11.1. The quantitative estimate of drug-likeness (QED) is 0.443. The van der Waals surface area contributed by atoms with Crippen LogP contribution in [0.1, 0.15) is 10.4 Å². The summed E-state index contributed by atoms with van der Waals surface area (Å²) < 4.78 is 9.39. The monoisotopic (exact) mass is 233 g/mol. The molecule has 5 heteroatoms. The molecule has 0 N–H and O–H groups in total. The fourth-order valence-corrected chi connectivity index (χ4v) is 1.34. The highest BCUT2D eigenvalue weighted by Crippen LogP contribution is 2.21. The first-order valence-electron chi connectivity index (χ1n) is 4.80. The molecular formula is C12H11NO4. The minimum absolute atomic E-state index is 0.187. The van der Waals surface area contributed by atoms with Crippen molar-refractivity contribution in [2.75, 3.05) is 14.2 Å². The van der Waals surface area contributed by atoms with E-state index in [0.717, 1.165) is 7.11 Å². The van der Waals surface area contributed by atoms with Gasteiger partial charge in [-0.2, -0.15) is 5.26 Å². The van der Waals surface area contributed by atoms with Crippen molar-refractivity contribution in [3.05, 3.63) is 29.8 Å². The second-order valence-corrected chi connectivity index (χ2v) is 3.15. The van der Waals surface area contributed by atoms with E-state index >= 15 is 0 Å². The standard InChI is InChI=1S/C12H11NO4/c1-16-10-6-4-3-5-8(10)11(14)9(7-13)12(15)17-2/h3-6,9H,1-2H3. The summed E-state index contributed by atoms with van der Waals surface area (Å²) in [6.07, 6.45) is 0. The molecular weight excluding hydrogens is 222 g/mol. The van der Waals surface area contributed by atoms with Crippen LogP contribution in [0.2, 0.25) is 0 Å². The Kier molecular flexibility index (Phi) is 4.23. The van der Waals surface area contributed by atoms with Gasteiger partial charge in [0.15, 0.2) is 5.78 Å². The van der Waals surface area contributed by atoms with Gasteiger partial charge >= 0.3 is 5.97 Å². The summed E-state index contributed by atoms with van der Waals surface area (Å²) in [6, 6.07) is 8.02. The van der Waals surface area contributed by atoms with Gasteiger partial charge in [-0.3, -0.25) is 9.59 Å².